The van der Waals surface area contributed by atoms with Crippen LogP contribution in [0.25, 0.3) is 10.9 Å². The predicted molar refractivity (Wildman–Crippen MR) is 146 cm³/mol. The lowest BCUT2D eigenvalue weighted by atomic mass is 9.51. The molecular formula is C31H25N5O3. The number of H-pyrrole nitrogens is 1. The Morgan fingerprint density at radius 1 is 1.00 bits per heavy atom. The number of para-hydroxylation sites is 2. The van der Waals surface area contributed by atoms with Gasteiger partial charge in [-0.15, -0.1) is 0 Å². The first kappa shape index (κ1) is 23.4. The SMILES string of the molecule is Cc1ccc2c(c1)[C@]1(C(=O)N2C)N(C)C[C@](C#N)(C(=O)c2c[nH]c3ccccc23)[C@]12C(=O)Nc1ccccc12. The summed E-state index contributed by atoms with van der Waals surface area (Å²) in [6.45, 7) is 1.81. The van der Waals surface area contributed by atoms with Gasteiger partial charge in [0.15, 0.2) is 11.2 Å². The average Bonchev–Trinajstić information content (AvgIpc) is 3.62. The molecule has 0 aliphatic carbocycles. The molecular weight excluding hydrogens is 490 g/mol. The minimum Gasteiger partial charge on any atom is -0.360 e. The van der Waals surface area contributed by atoms with Gasteiger partial charge in [-0.25, -0.2) is 0 Å². The van der Waals surface area contributed by atoms with Gasteiger partial charge in [0, 0.05) is 53.2 Å². The third-order valence-electron chi connectivity index (χ3n) is 9.08. The fourth-order valence-corrected chi connectivity index (χ4v) is 7.56. The summed E-state index contributed by atoms with van der Waals surface area (Å²) in [5.74, 6) is -1.37. The first-order valence-electron chi connectivity index (χ1n) is 12.8. The molecule has 7 rings (SSSR count). The number of aromatic amines is 1. The number of aromatic nitrogens is 1. The number of likely N-dealkylation sites (N-methyl/N-ethyl adjacent to an activating group) is 2. The van der Waals surface area contributed by atoms with Gasteiger partial charge in [0.25, 0.3) is 5.91 Å². The molecule has 0 bridgehead atoms. The van der Waals surface area contributed by atoms with Gasteiger partial charge in [0.1, 0.15) is 11.0 Å². The normalized spacial score (nSPS) is 27.3. The van der Waals surface area contributed by atoms with Crippen LogP contribution in [-0.4, -0.2) is 48.1 Å². The summed E-state index contributed by atoms with van der Waals surface area (Å²) >= 11 is 0. The zero-order chi connectivity index (χ0) is 27.3. The molecule has 4 aromatic rings. The predicted octanol–water partition coefficient (Wildman–Crippen LogP) is 3.88. The molecule has 0 unspecified atom stereocenters. The summed E-state index contributed by atoms with van der Waals surface area (Å²) in [4.78, 5) is 50.5. The summed E-state index contributed by atoms with van der Waals surface area (Å²) in [7, 11) is 3.42. The molecule has 3 aliphatic heterocycles. The molecule has 3 atom stereocenters. The molecule has 192 valence electrons. The van der Waals surface area contributed by atoms with E-state index in [1.165, 1.54) is 0 Å². The number of hydrogen-bond acceptors (Lipinski definition) is 5. The van der Waals surface area contributed by atoms with Gasteiger partial charge in [0.2, 0.25) is 5.91 Å². The largest absolute Gasteiger partial charge is 0.360 e. The minimum atomic E-state index is -1.93. The fraction of sp³-hybridized carbons (Fsp3) is 0.226. The second-order valence-corrected chi connectivity index (χ2v) is 10.8. The average molecular weight is 516 g/mol. The molecule has 8 nitrogen and oxygen atoms in total. The molecule has 3 aliphatic rings. The molecule has 2 spiro atoms. The van der Waals surface area contributed by atoms with Gasteiger partial charge in [-0.1, -0.05) is 54.1 Å². The van der Waals surface area contributed by atoms with Gasteiger partial charge in [0.05, 0.1) is 6.07 Å². The third-order valence-corrected chi connectivity index (χ3v) is 9.08. The molecule has 39 heavy (non-hydrogen) atoms. The molecule has 1 fully saturated rings. The van der Waals surface area contributed by atoms with Crippen LogP contribution >= 0.6 is 0 Å². The van der Waals surface area contributed by atoms with Crippen molar-refractivity contribution in [2.45, 2.75) is 17.9 Å². The lowest BCUT2D eigenvalue weighted by molar-refractivity contribution is -0.138. The van der Waals surface area contributed by atoms with Crippen molar-refractivity contribution in [1.29, 1.82) is 5.26 Å². The van der Waals surface area contributed by atoms with Crippen molar-refractivity contribution in [3.05, 3.63) is 95.2 Å². The van der Waals surface area contributed by atoms with Gasteiger partial charge < -0.3 is 15.2 Å². The van der Waals surface area contributed by atoms with Gasteiger partial charge >= 0.3 is 0 Å². The summed E-state index contributed by atoms with van der Waals surface area (Å²) in [6, 6.07) is 22.5. The van der Waals surface area contributed by atoms with Crippen molar-refractivity contribution in [1.82, 2.24) is 9.88 Å². The number of amides is 2. The number of fused-ring (bicyclic) bond motifs is 6. The summed E-state index contributed by atoms with van der Waals surface area (Å²) in [6.07, 6.45) is 1.60. The van der Waals surface area contributed by atoms with E-state index in [4.69, 9.17) is 0 Å². The number of nitriles is 1. The number of rotatable bonds is 2. The molecule has 2 amide bonds. The van der Waals surface area contributed by atoms with E-state index < -0.39 is 28.1 Å². The quantitative estimate of drug-likeness (QED) is 0.394. The van der Waals surface area contributed by atoms with Crippen molar-refractivity contribution in [3.63, 3.8) is 0 Å². The Balaban J connectivity index is 1.64. The van der Waals surface area contributed by atoms with E-state index in [0.717, 1.165) is 11.1 Å². The van der Waals surface area contributed by atoms with Crippen molar-refractivity contribution in [3.8, 4) is 6.07 Å². The van der Waals surface area contributed by atoms with Crippen molar-refractivity contribution < 1.29 is 14.4 Å². The Hall–Kier alpha value is -4.74. The van der Waals surface area contributed by atoms with Crippen LogP contribution in [0.1, 0.15) is 27.0 Å². The maximum atomic E-state index is 14.9. The Morgan fingerprint density at radius 3 is 2.54 bits per heavy atom. The number of anilines is 2. The number of carbonyl (C=O) groups excluding carboxylic acids is 3. The van der Waals surface area contributed by atoms with Crippen LogP contribution in [-0.2, 0) is 20.5 Å². The summed E-state index contributed by atoms with van der Waals surface area (Å²) < 4.78 is 0. The zero-order valence-electron chi connectivity index (χ0n) is 21.7. The number of ketones is 1. The van der Waals surface area contributed by atoms with E-state index in [2.05, 4.69) is 16.4 Å². The highest BCUT2D eigenvalue weighted by atomic mass is 16.2. The standard InChI is InChI=1S/C31H25N5O3/c1-18-12-13-25-22(14-18)31(28(39)36(25)3)30(21-9-5-7-11-24(21)34-27(30)38)29(16-32,17-35(31)2)26(37)20-15-33-23-10-6-4-8-19(20)23/h4-15,33H,17H2,1-3H3,(H,34,38)/t29-,30+,31-/m1/s1. The molecule has 0 radical (unpaired) electrons. The smallest absolute Gasteiger partial charge is 0.253 e. The Kier molecular flexibility index (Phi) is 4.45. The van der Waals surface area contributed by atoms with E-state index in [1.807, 2.05) is 49.4 Å². The number of Topliss-reactive ketones (excluding diaryl/α,β-unsaturated/α-hetero) is 1. The lowest BCUT2D eigenvalue weighted by Gasteiger charge is -2.45. The summed E-state index contributed by atoms with van der Waals surface area (Å²) in [5, 5.41) is 14.8. The number of hydrogen-bond donors (Lipinski definition) is 2. The van der Waals surface area contributed by atoms with Crippen LogP contribution < -0.4 is 10.2 Å². The number of benzene rings is 3. The van der Waals surface area contributed by atoms with Crippen LogP contribution in [0.4, 0.5) is 11.4 Å². The van der Waals surface area contributed by atoms with Crippen LogP contribution in [0, 0.1) is 23.7 Å². The lowest BCUT2D eigenvalue weighted by Crippen LogP contribution is -2.65. The van der Waals surface area contributed by atoms with Crippen LogP contribution in [0.2, 0.25) is 0 Å². The maximum absolute atomic E-state index is 14.9. The molecule has 4 heterocycles. The molecule has 8 heteroatoms. The highest BCUT2D eigenvalue weighted by Crippen LogP contribution is 2.69. The van der Waals surface area contributed by atoms with Crippen molar-refractivity contribution in [2.75, 3.05) is 30.9 Å². The number of nitrogens with one attached hydrogen (secondary N) is 2. The highest BCUT2D eigenvalue weighted by Gasteiger charge is 2.84. The Morgan fingerprint density at radius 2 is 1.74 bits per heavy atom. The minimum absolute atomic E-state index is 0.115. The van der Waals surface area contributed by atoms with E-state index in [9.17, 15) is 19.6 Å². The maximum Gasteiger partial charge on any atom is 0.253 e. The first-order valence-corrected chi connectivity index (χ1v) is 12.8. The van der Waals surface area contributed by atoms with Gasteiger partial charge in [-0.3, -0.25) is 19.3 Å². The van der Waals surface area contributed by atoms with E-state index in [1.54, 1.807) is 54.4 Å². The van der Waals surface area contributed by atoms with Gasteiger partial charge in [-0.2, -0.15) is 5.26 Å². The van der Waals surface area contributed by atoms with E-state index >= 15 is 0 Å². The second kappa shape index (κ2) is 7.43. The van der Waals surface area contributed by atoms with Crippen LogP contribution in [0.3, 0.4) is 0 Å². The van der Waals surface area contributed by atoms with Crippen molar-refractivity contribution in [2.24, 2.45) is 5.41 Å². The molecule has 0 saturated carbocycles. The van der Waals surface area contributed by atoms with E-state index in [0.29, 0.717) is 33.5 Å². The number of aryl methyl sites for hydroxylation is 1. The number of nitrogens with zero attached hydrogens (tertiary/aromatic N) is 3. The van der Waals surface area contributed by atoms with Crippen LogP contribution in [0.5, 0.6) is 0 Å². The molecule has 3 aromatic carbocycles. The Labute approximate surface area is 224 Å². The van der Waals surface area contributed by atoms with Crippen molar-refractivity contribution >= 4 is 39.9 Å². The monoisotopic (exact) mass is 515 g/mol. The number of carbonyl (C=O) groups is 3. The second-order valence-electron chi connectivity index (χ2n) is 10.8. The van der Waals surface area contributed by atoms with Gasteiger partial charge in [-0.05, 0) is 37.7 Å². The first-order chi connectivity index (χ1) is 18.8. The van der Waals surface area contributed by atoms with Crippen LogP contribution in [0.15, 0.2) is 72.9 Å². The highest BCUT2D eigenvalue weighted by molar-refractivity contribution is 6.24. The van der Waals surface area contributed by atoms with E-state index in [-0.39, 0.29) is 12.5 Å². The molecule has 1 aromatic heterocycles. The Bertz CT molecular complexity index is 1820. The summed E-state index contributed by atoms with van der Waals surface area (Å²) in [5.41, 5.74) is -1.19. The molecule has 2 N–H and O–H groups in total. The third kappa shape index (κ3) is 2.36. The molecule has 1 saturated heterocycles. The fourth-order valence-electron chi connectivity index (χ4n) is 7.56. The zero-order valence-corrected chi connectivity index (χ0v) is 21.7. The topological polar surface area (TPSA) is 109 Å². The number of likely N-dealkylation sites (tertiary alicyclic amines) is 1.